The average Bonchev–Trinajstić information content (AvgIpc) is 3.03. The third-order valence-electron chi connectivity index (χ3n) is 4.24. The molecule has 3 aromatic rings. The van der Waals surface area contributed by atoms with E-state index >= 15 is 0 Å². The molecule has 0 fully saturated rings. The van der Waals surface area contributed by atoms with Crippen LogP contribution in [0.25, 0.3) is 0 Å². The summed E-state index contributed by atoms with van der Waals surface area (Å²) >= 11 is 0. The number of amides is 1. The highest BCUT2D eigenvalue weighted by molar-refractivity contribution is 6.04. The second-order valence-electron chi connectivity index (χ2n) is 6.31. The molecule has 0 aliphatic heterocycles. The van der Waals surface area contributed by atoms with E-state index in [2.05, 4.69) is 10.5 Å². The summed E-state index contributed by atoms with van der Waals surface area (Å²) in [6.45, 7) is 5.94. The van der Waals surface area contributed by atoms with Crippen LogP contribution >= 0.6 is 0 Å². The van der Waals surface area contributed by atoms with Gasteiger partial charge < -0.3 is 19.3 Å². The Kier molecular flexibility index (Phi) is 5.45. The van der Waals surface area contributed by atoms with Crippen molar-refractivity contribution in [2.75, 3.05) is 12.4 Å². The molecule has 3 rings (SSSR count). The first-order valence-corrected chi connectivity index (χ1v) is 8.58. The molecule has 27 heavy (non-hydrogen) atoms. The van der Waals surface area contributed by atoms with Crippen molar-refractivity contribution in [2.45, 2.75) is 27.4 Å². The minimum Gasteiger partial charge on any atom is -0.497 e. The monoisotopic (exact) mass is 366 g/mol. The molecule has 0 saturated carbocycles. The molecule has 0 aliphatic carbocycles. The van der Waals surface area contributed by atoms with Crippen molar-refractivity contribution in [2.24, 2.45) is 0 Å². The van der Waals surface area contributed by atoms with Crippen molar-refractivity contribution in [3.05, 3.63) is 70.6 Å². The number of ether oxygens (including phenoxy) is 2. The van der Waals surface area contributed by atoms with Gasteiger partial charge in [0.1, 0.15) is 23.9 Å². The molecule has 0 radical (unpaired) electrons. The van der Waals surface area contributed by atoms with E-state index in [1.165, 1.54) is 0 Å². The Labute approximate surface area is 158 Å². The number of nitrogens with zero attached hydrogens (tertiary/aromatic N) is 1. The molecule has 1 heterocycles. The maximum atomic E-state index is 12.7. The number of aryl methyl sites for hydroxylation is 3. The van der Waals surface area contributed by atoms with Crippen LogP contribution in [0.3, 0.4) is 0 Å². The number of benzene rings is 2. The zero-order valence-electron chi connectivity index (χ0n) is 15.8. The van der Waals surface area contributed by atoms with Gasteiger partial charge in [-0.1, -0.05) is 23.4 Å². The maximum Gasteiger partial charge on any atom is 0.278 e. The van der Waals surface area contributed by atoms with Gasteiger partial charge in [-0.3, -0.25) is 4.79 Å². The molecular weight excluding hydrogens is 344 g/mol. The lowest BCUT2D eigenvalue weighted by Gasteiger charge is -2.10. The topological polar surface area (TPSA) is 73.6 Å². The molecule has 2 aromatic carbocycles. The molecule has 140 valence electrons. The number of nitrogens with one attached hydrogen (secondary N) is 1. The molecule has 0 atom stereocenters. The minimum absolute atomic E-state index is 0.195. The second-order valence-corrected chi connectivity index (χ2v) is 6.31. The SMILES string of the molecule is COc1cccc(NC(=O)c2noc(C)c2COc2cc(C)ccc2C)c1. The van der Waals surface area contributed by atoms with Gasteiger partial charge in [-0.15, -0.1) is 0 Å². The fourth-order valence-electron chi connectivity index (χ4n) is 2.64. The molecule has 0 bridgehead atoms. The van der Waals surface area contributed by atoms with E-state index in [0.717, 1.165) is 16.9 Å². The van der Waals surface area contributed by atoms with Crippen LogP contribution in [0, 0.1) is 20.8 Å². The largest absolute Gasteiger partial charge is 0.497 e. The van der Waals surface area contributed by atoms with Crippen LogP contribution in [0.1, 0.15) is 32.9 Å². The molecule has 1 amide bonds. The normalized spacial score (nSPS) is 10.5. The van der Waals surface area contributed by atoms with Crippen LogP contribution in [0.4, 0.5) is 5.69 Å². The number of rotatable bonds is 6. The summed E-state index contributed by atoms with van der Waals surface area (Å²) in [6, 6.07) is 13.1. The molecule has 0 spiro atoms. The molecule has 0 saturated heterocycles. The zero-order chi connectivity index (χ0) is 19.4. The summed E-state index contributed by atoms with van der Waals surface area (Å²) in [5.41, 5.74) is 3.57. The van der Waals surface area contributed by atoms with Crippen molar-refractivity contribution in [3.8, 4) is 11.5 Å². The quantitative estimate of drug-likeness (QED) is 0.698. The van der Waals surface area contributed by atoms with E-state index in [4.69, 9.17) is 14.0 Å². The van der Waals surface area contributed by atoms with Gasteiger partial charge in [-0.25, -0.2) is 0 Å². The summed E-state index contributed by atoms with van der Waals surface area (Å²) in [5.74, 6) is 1.62. The smallest absolute Gasteiger partial charge is 0.278 e. The number of carbonyl (C=O) groups excluding carboxylic acids is 1. The highest BCUT2D eigenvalue weighted by atomic mass is 16.5. The van der Waals surface area contributed by atoms with Crippen LogP contribution in [-0.2, 0) is 6.61 Å². The molecule has 0 unspecified atom stereocenters. The van der Waals surface area contributed by atoms with E-state index < -0.39 is 0 Å². The van der Waals surface area contributed by atoms with E-state index in [9.17, 15) is 4.79 Å². The first-order chi connectivity index (χ1) is 13.0. The van der Waals surface area contributed by atoms with Crippen molar-refractivity contribution in [3.63, 3.8) is 0 Å². The lowest BCUT2D eigenvalue weighted by molar-refractivity contribution is 0.101. The van der Waals surface area contributed by atoms with Crippen LogP contribution < -0.4 is 14.8 Å². The maximum absolute atomic E-state index is 12.7. The molecular formula is C21H22N2O4. The fourth-order valence-corrected chi connectivity index (χ4v) is 2.64. The Morgan fingerprint density at radius 1 is 1.15 bits per heavy atom. The standard InChI is InChI=1S/C21H22N2O4/c1-13-8-9-14(2)19(10-13)26-12-18-15(3)27-23-20(18)21(24)22-16-6-5-7-17(11-16)25-4/h5-11H,12H2,1-4H3,(H,22,24). The summed E-state index contributed by atoms with van der Waals surface area (Å²) in [7, 11) is 1.57. The first-order valence-electron chi connectivity index (χ1n) is 8.58. The lowest BCUT2D eigenvalue weighted by Crippen LogP contribution is -2.15. The summed E-state index contributed by atoms with van der Waals surface area (Å²) < 4.78 is 16.3. The van der Waals surface area contributed by atoms with E-state index in [-0.39, 0.29) is 18.2 Å². The number of hydrogen-bond acceptors (Lipinski definition) is 5. The van der Waals surface area contributed by atoms with Gasteiger partial charge in [0, 0.05) is 11.8 Å². The third kappa shape index (κ3) is 4.28. The van der Waals surface area contributed by atoms with Crippen LogP contribution in [0.5, 0.6) is 11.5 Å². The number of hydrogen-bond donors (Lipinski definition) is 1. The van der Waals surface area contributed by atoms with Crippen LogP contribution in [-0.4, -0.2) is 18.2 Å². The van der Waals surface area contributed by atoms with Crippen molar-refractivity contribution >= 4 is 11.6 Å². The average molecular weight is 366 g/mol. The molecule has 0 aliphatic rings. The highest BCUT2D eigenvalue weighted by Crippen LogP contribution is 2.23. The Hall–Kier alpha value is -3.28. The van der Waals surface area contributed by atoms with E-state index in [1.54, 1.807) is 38.3 Å². The van der Waals surface area contributed by atoms with Gasteiger partial charge >= 0.3 is 0 Å². The highest BCUT2D eigenvalue weighted by Gasteiger charge is 2.21. The number of methoxy groups -OCH3 is 1. The lowest BCUT2D eigenvalue weighted by atomic mass is 10.1. The molecule has 1 aromatic heterocycles. The van der Waals surface area contributed by atoms with Gasteiger partial charge in [0.2, 0.25) is 0 Å². The Morgan fingerprint density at radius 3 is 2.74 bits per heavy atom. The summed E-state index contributed by atoms with van der Waals surface area (Å²) in [4.78, 5) is 12.7. The Bertz CT molecular complexity index is 963. The molecule has 6 nitrogen and oxygen atoms in total. The molecule has 6 heteroatoms. The second kappa shape index (κ2) is 7.95. The van der Waals surface area contributed by atoms with Crippen molar-refractivity contribution in [1.29, 1.82) is 0 Å². The van der Waals surface area contributed by atoms with Gasteiger partial charge in [0.05, 0.1) is 12.7 Å². The summed E-state index contributed by atoms with van der Waals surface area (Å²) in [5, 5.41) is 6.72. The third-order valence-corrected chi connectivity index (χ3v) is 4.24. The van der Waals surface area contributed by atoms with E-state index in [0.29, 0.717) is 22.8 Å². The van der Waals surface area contributed by atoms with Crippen molar-refractivity contribution < 1.29 is 18.8 Å². The minimum atomic E-state index is -0.361. The first kappa shape index (κ1) is 18.5. The van der Waals surface area contributed by atoms with Gasteiger partial charge in [0.25, 0.3) is 5.91 Å². The van der Waals surface area contributed by atoms with Gasteiger partial charge in [0.15, 0.2) is 5.69 Å². The predicted molar refractivity (Wildman–Crippen MR) is 102 cm³/mol. The van der Waals surface area contributed by atoms with E-state index in [1.807, 2.05) is 32.0 Å². The van der Waals surface area contributed by atoms with Gasteiger partial charge in [-0.05, 0) is 50.1 Å². The number of anilines is 1. The summed E-state index contributed by atoms with van der Waals surface area (Å²) in [6.07, 6.45) is 0. The number of aromatic nitrogens is 1. The van der Waals surface area contributed by atoms with Gasteiger partial charge in [-0.2, -0.15) is 0 Å². The molecule has 1 N–H and O–H groups in total. The predicted octanol–water partition coefficient (Wildman–Crippen LogP) is 4.44. The van der Waals surface area contributed by atoms with Crippen LogP contribution in [0.15, 0.2) is 47.0 Å². The van der Waals surface area contributed by atoms with Crippen molar-refractivity contribution in [1.82, 2.24) is 5.16 Å². The zero-order valence-corrected chi connectivity index (χ0v) is 15.8. The van der Waals surface area contributed by atoms with Crippen LogP contribution in [0.2, 0.25) is 0 Å². The Balaban J connectivity index is 1.77. The number of carbonyl (C=O) groups is 1. The fraction of sp³-hybridized carbons (Fsp3) is 0.238. The Morgan fingerprint density at radius 2 is 1.96 bits per heavy atom.